The Hall–Kier alpha value is -4.17. The number of ether oxygens (including phenoxy) is 2. The first kappa shape index (κ1) is 29.9. The average Bonchev–Trinajstić information content (AvgIpc) is 3.14. The molecule has 1 N–H and O–H groups in total. The standard InChI is InChI=1S/C35H39ClN4O4/c1-35(2)20-27-32(29(41)21-35)33(25-8-7-11-30(43-3)34(25)44-4)40(28-10-6-5-9-26(28)37-27)22-31(42)39-18-16-38(17-19-39)24-14-12-23(36)13-15-24/h5-15,33,37H,16-22H2,1-4H3. The highest BCUT2D eigenvalue weighted by atomic mass is 35.5. The number of carbonyl (C=O) groups is 2. The van der Waals surface area contributed by atoms with Gasteiger partial charge in [-0.05, 0) is 54.3 Å². The van der Waals surface area contributed by atoms with Gasteiger partial charge in [0.2, 0.25) is 5.91 Å². The molecule has 44 heavy (non-hydrogen) atoms. The van der Waals surface area contributed by atoms with Crippen LogP contribution in [0.25, 0.3) is 0 Å². The maximum atomic E-state index is 14.1. The Bertz CT molecular complexity index is 1590. The van der Waals surface area contributed by atoms with Crippen LogP contribution in [0.4, 0.5) is 17.1 Å². The minimum absolute atomic E-state index is 0.00932. The fourth-order valence-corrected chi connectivity index (χ4v) is 6.92. The molecule has 3 aromatic rings. The minimum atomic E-state index is -0.561. The van der Waals surface area contributed by atoms with E-state index in [-0.39, 0.29) is 23.7 Å². The lowest BCUT2D eigenvalue weighted by atomic mass is 9.73. The van der Waals surface area contributed by atoms with E-state index < -0.39 is 6.04 Å². The summed E-state index contributed by atoms with van der Waals surface area (Å²) in [6.45, 7) is 6.99. The number of fused-ring (bicyclic) bond motifs is 1. The number of halogens is 1. The van der Waals surface area contributed by atoms with Crippen molar-refractivity contribution in [3.63, 3.8) is 0 Å². The van der Waals surface area contributed by atoms with Crippen molar-refractivity contribution in [3.05, 3.63) is 88.6 Å². The molecule has 1 saturated heterocycles. The van der Waals surface area contributed by atoms with Gasteiger partial charge in [-0.1, -0.05) is 49.7 Å². The van der Waals surface area contributed by atoms with Gasteiger partial charge in [0.25, 0.3) is 0 Å². The third kappa shape index (κ3) is 5.71. The molecule has 1 unspecified atom stereocenters. The zero-order chi connectivity index (χ0) is 31.0. The Morgan fingerprint density at radius 3 is 2.36 bits per heavy atom. The number of rotatable bonds is 6. The quantitative estimate of drug-likeness (QED) is 0.348. The van der Waals surface area contributed by atoms with Crippen molar-refractivity contribution in [3.8, 4) is 11.5 Å². The lowest BCUT2D eigenvalue weighted by Crippen LogP contribution is -2.52. The van der Waals surface area contributed by atoms with E-state index in [2.05, 4.69) is 29.0 Å². The van der Waals surface area contributed by atoms with E-state index in [4.69, 9.17) is 21.1 Å². The average molecular weight is 615 g/mol. The smallest absolute Gasteiger partial charge is 0.242 e. The molecule has 6 rings (SSSR count). The van der Waals surface area contributed by atoms with Crippen molar-refractivity contribution in [2.45, 2.75) is 32.7 Å². The minimum Gasteiger partial charge on any atom is -0.493 e. The highest BCUT2D eigenvalue weighted by Crippen LogP contribution is 2.50. The van der Waals surface area contributed by atoms with Crippen molar-refractivity contribution in [2.75, 3.05) is 62.1 Å². The van der Waals surface area contributed by atoms with Crippen molar-refractivity contribution in [1.82, 2.24) is 4.90 Å². The van der Waals surface area contributed by atoms with Crippen LogP contribution in [0.2, 0.25) is 5.02 Å². The molecule has 0 spiro atoms. The normalized spacial score (nSPS) is 19.5. The molecule has 3 aliphatic rings. The molecule has 0 aromatic heterocycles. The molecule has 2 aliphatic heterocycles. The van der Waals surface area contributed by atoms with Crippen LogP contribution in [0.1, 0.15) is 38.3 Å². The van der Waals surface area contributed by atoms with Gasteiger partial charge in [0.15, 0.2) is 17.3 Å². The number of para-hydroxylation sites is 3. The lowest BCUT2D eigenvalue weighted by molar-refractivity contribution is -0.130. The van der Waals surface area contributed by atoms with Gasteiger partial charge in [0, 0.05) is 60.1 Å². The Morgan fingerprint density at radius 2 is 1.66 bits per heavy atom. The monoisotopic (exact) mass is 614 g/mol. The van der Waals surface area contributed by atoms with Crippen LogP contribution in [-0.2, 0) is 9.59 Å². The molecule has 0 saturated carbocycles. The van der Waals surface area contributed by atoms with Crippen molar-refractivity contribution in [2.24, 2.45) is 5.41 Å². The summed E-state index contributed by atoms with van der Waals surface area (Å²) in [6, 6.07) is 21.0. The maximum absolute atomic E-state index is 14.1. The second kappa shape index (κ2) is 12.1. The Kier molecular flexibility index (Phi) is 8.20. The number of anilines is 3. The van der Waals surface area contributed by atoms with Crippen molar-refractivity contribution >= 4 is 40.4 Å². The zero-order valence-electron chi connectivity index (χ0n) is 25.7. The molecule has 8 nitrogen and oxygen atoms in total. The van der Waals surface area contributed by atoms with Gasteiger partial charge < -0.3 is 29.5 Å². The van der Waals surface area contributed by atoms with E-state index in [9.17, 15) is 9.59 Å². The number of hydrogen-bond acceptors (Lipinski definition) is 7. The number of nitrogens with zero attached hydrogens (tertiary/aromatic N) is 3. The summed E-state index contributed by atoms with van der Waals surface area (Å²) < 4.78 is 11.6. The number of amides is 1. The fraction of sp³-hybridized carbons (Fsp3) is 0.371. The second-order valence-corrected chi connectivity index (χ2v) is 12.9. The Labute approximate surface area is 264 Å². The largest absolute Gasteiger partial charge is 0.493 e. The molecule has 2 heterocycles. The summed E-state index contributed by atoms with van der Waals surface area (Å²) in [7, 11) is 3.22. The molecule has 230 valence electrons. The number of ketones is 1. The molecule has 1 amide bonds. The van der Waals surface area contributed by atoms with E-state index in [1.165, 1.54) is 0 Å². The van der Waals surface area contributed by atoms with Gasteiger partial charge in [-0.2, -0.15) is 0 Å². The zero-order valence-corrected chi connectivity index (χ0v) is 26.5. The topological polar surface area (TPSA) is 74.4 Å². The highest BCUT2D eigenvalue weighted by Gasteiger charge is 2.43. The van der Waals surface area contributed by atoms with E-state index in [1.54, 1.807) is 14.2 Å². The molecule has 3 aromatic carbocycles. The summed E-state index contributed by atoms with van der Waals surface area (Å²) >= 11 is 6.09. The first-order chi connectivity index (χ1) is 21.2. The number of piperazine rings is 1. The number of benzene rings is 3. The molecule has 1 aliphatic carbocycles. The Balaban J connectivity index is 1.39. The van der Waals surface area contributed by atoms with Crippen LogP contribution in [0.3, 0.4) is 0 Å². The van der Waals surface area contributed by atoms with Crippen LogP contribution < -0.4 is 24.6 Å². The van der Waals surface area contributed by atoms with E-state index >= 15 is 0 Å². The molecule has 0 bridgehead atoms. The van der Waals surface area contributed by atoms with E-state index in [0.717, 1.165) is 41.4 Å². The first-order valence-corrected chi connectivity index (χ1v) is 15.4. The summed E-state index contributed by atoms with van der Waals surface area (Å²) in [5, 5.41) is 4.33. The lowest BCUT2D eigenvalue weighted by Gasteiger charge is -2.40. The number of hydrogen-bond donors (Lipinski definition) is 1. The third-order valence-electron chi connectivity index (χ3n) is 8.86. The van der Waals surface area contributed by atoms with Gasteiger partial charge >= 0.3 is 0 Å². The predicted octanol–water partition coefficient (Wildman–Crippen LogP) is 6.32. The van der Waals surface area contributed by atoms with Gasteiger partial charge in [-0.25, -0.2) is 0 Å². The van der Waals surface area contributed by atoms with Crippen molar-refractivity contribution < 1.29 is 19.1 Å². The van der Waals surface area contributed by atoms with Crippen LogP contribution in [0.15, 0.2) is 78.0 Å². The number of methoxy groups -OCH3 is 2. The number of allylic oxidation sites excluding steroid dienone is 1. The van der Waals surface area contributed by atoms with E-state index in [1.807, 2.05) is 71.6 Å². The molecular formula is C35H39ClN4O4. The number of carbonyl (C=O) groups excluding carboxylic acids is 2. The van der Waals surface area contributed by atoms with Gasteiger partial charge in [-0.15, -0.1) is 0 Å². The molecule has 9 heteroatoms. The molecule has 1 fully saturated rings. The molecule has 1 atom stereocenters. The summed E-state index contributed by atoms with van der Waals surface area (Å²) in [5.74, 6) is 1.21. The van der Waals surface area contributed by atoms with Gasteiger partial charge in [-0.3, -0.25) is 9.59 Å². The first-order valence-electron chi connectivity index (χ1n) is 15.1. The van der Waals surface area contributed by atoms with Crippen LogP contribution in [-0.4, -0.2) is 63.5 Å². The number of nitrogens with one attached hydrogen (secondary N) is 1. The third-order valence-corrected chi connectivity index (χ3v) is 9.11. The predicted molar refractivity (Wildman–Crippen MR) is 175 cm³/mol. The Morgan fingerprint density at radius 1 is 0.932 bits per heavy atom. The molecular weight excluding hydrogens is 576 g/mol. The summed E-state index contributed by atoms with van der Waals surface area (Å²) in [4.78, 5) is 34.5. The van der Waals surface area contributed by atoms with Gasteiger partial charge in [0.05, 0.1) is 38.2 Å². The van der Waals surface area contributed by atoms with Crippen molar-refractivity contribution in [1.29, 1.82) is 0 Å². The van der Waals surface area contributed by atoms with Crippen LogP contribution in [0.5, 0.6) is 11.5 Å². The summed E-state index contributed by atoms with van der Waals surface area (Å²) in [6.07, 6.45) is 1.13. The SMILES string of the molecule is COc1cccc(C2C3=C(CC(C)(C)CC3=O)Nc3ccccc3N2CC(=O)N2CCN(c3ccc(Cl)cc3)CC2)c1OC. The summed E-state index contributed by atoms with van der Waals surface area (Å²) in [5.41, 5.74) is 4.97. The fourth-order valence-electron chi connectivity index (χ4n) is 6.79. The molecule has 0 radical (unpaired) electrons. The van der Waals surface area contributed by atoms with E-state index in [0.29, 0.717) is 48.0 Å². The second-order valence-electron chi connectivity index (χ2n) is 12.4. The van der Waals surface area contributed by atoms with Gasteiger partial charge in [0.1, 0.15) is 0 Å². The maximum Gasteiger partial charge on any atom is 0.242 e. The number of Topliss-reactive ketones (excluding diaryl/α,β-unsaturated/α-hetero) is 1. The van der Waals surface area contributed by atoms with Crippen LogP contribution >= 0.6 is 11.6 Å². The highest BCUT2D eigenvalue weighted by molar-refractivity contribution is 6.30. The van der Waals surface area contributed by atoms with Crippen LogP contribution in [0, 0.1) is 5.41 Å².